The van der Waals surface area contributed by atoms with Crippen molar-refractivity contribution < 1.29 is 0 Å². The van der Waals surface area contributed by atoms with Gasteiger partial charge in [0.1, 0.15) is 0 Å². The monoisotopic (exact) mass is 218 g/mol. The molecule has 0 saturated carbocycles. The zero-order valence-electron chi connectivity index (χ0n) is 10.1. The maximum atomic E-state index is 3.38. The highest BCUT2D eigenvalue weighted by atomic mass is 14.1. The van der Waals surface area contributed by atoms with Crippen molar-refractivity contribution >= 4 is 22.6 Å². The minimum absolute atomic E-state index is 1.23. The first-order valence-electron chi connectivity index (χ1n) is 5.90. The first-order valence-corrected chi connectivity index (χ1v) is 5.90. The molecule has 1 aliphatic rings. The van der Waals surface area contributed by atoms with Gasteiger partial charge in [-0.15, -0.1) is 5.73 Å². The molecule has 0 fully saturated rings. The Kier molecular flexibility index (Phi) is 2.24. The molecule has 82 valence electrons. The molecule has 0 unspecified atom stereocenters. The number of rotatable bonds is 0. The molecule has 0 amide bonds. The number of hydrogen-bond acceptors (Lipinski definition) is 0. The molecule has 1 aliphatic carbocycles. The standard InChI is InChI=1S/C17H14/c1-12-14-8-4-3-5-9-15(14)13(2)17-11-7-6-10-16(12)17/h3-8,10-11H,1-2H3. The summed E-state index contributed by atoms with van der Waals surface area (Å²) in [5.74, 6) is 0. The third kappa shape index (κ3) is 1.46. The molecule has 0 heteroatoms. The van der Waals surface area contributed by atoms with E-state index in [-0.39, 0.29) is 0 Å². The van der Waals surface area contributed by atoms with Crippen LogP contribution in [0.1, 0.15) is 11.1 Å². The van der Waals surface area contributed by atoms with E-state index in [4.69, 9.17) is 0 Å². The number of hydrogen-bond donors (Lipinski definition) is 0. The minimum Gasteiger partial charge on any atom is -0.112 e. The number of aryl methyl sites for hydroxylation is 2. The SMILES string of the molecule is Cc1c2c(c(C)c3ccccc13)=CC=CC=C=2. The van der Waals surface area contributed by atoms with Crippen molar-refractivity contribution in [1.29, 1.82) is 0 Å². The molecule has 0 atom stereocenters. The summed E-state index contributed by atoms with van der Waals surface area (Å²) >= 11 is 0. The van der Waals surface area contributed by atoms with Crippen LogP contribution in [0.3, 0.4) is 0 Å². The van der Waals surface area contributed by atoms with Gasteiger partial charge in [-0.2, -0.15) is 0 Å². The van der Waals surface area contributed by atoms with Crippen LogP contribution in [-0.2, 0) is 0 Å². The maximum Gasteiger partial charge on any atom is 0.0275 e. The Morgan fingerprint density at radius 2 is 1.59 bits per heavy atom. The molecule has 0 heterocycles. The number of fused-ring (bicyclic) bond motifs is 2. The summed E-state index contributed by atoms with van der Waals surface area (Å²) in [6, 6.07) is 8.60. The minimum atomic E-state index is 1.23. The van der Waals surface area contributed by atoms with Gasteiger partial charge in [-0.05, 0) is 47.0 Å². The summed E-state index contributed by atoms with van der Waals surface area (Å²) in [6.07, 6.45) is 8.29. The first-order chi connectivity index (χ1) is 8.29. The molecule has 0 aromatic heterocycles. The van der Waals surface area contributed by atoms with Gasteiger partial charge in [-0.25, -0.2) is 0 Å². The quantitative estimate of drug-likeness (QED) is 0.638. The Bertz CT molecular complexity index is 783. The fourth-order valence-electron chi connectivity index (χ4n) is 2.54. The summed E-state index contributed by atoms with van der Waals surface area (Å²) in [6.45, 7) is 4.37. The number of benzene rings is 2. The predicted molar refractivity (Wildman–Crippen MR) is 74.3 cm³/mol. The Labute approximate surface area is 101 Å². The molecule has 0 radical (unpaired) electrons. The Morgan fingerprint density at radius 3 is 2.35 bits per heavy atom. The average molecular weight is 218 g/mol. The van der Waals surface area contributed by atoms with Gasteiger partial charge in [0.2, 0.25) is 0 Å². The van der Waals surface area contributed by atoms with Gasteiger partial charge in [0.05, 0.1) is 0 Å². The lowest BCUT2D eigenvalue weighted by Gasteiger charge is -2.07. The molecule has 0 bridgehead atoms. The van der Waals surface area contributed by atoms with Crippen LogP contribution >= 0.6 is 0 Å². The Balaban J connectivity index is 2.73. The zero-order chi connectivity index (χ0) is 11.8. The van der Waals surface area contributed by atoms with Crippen LogP contribution in [0.15, 0.2) is 42.5 Å². The van der Waals surface area contributed by atoms with E-state index in [9.17, 15) is 0 Å². The fraction of sp³-hybridized carbons (Fsp3) is 0.118. The molecular weight excluding hydrogens is 204 g/mol. The number of allylic oxidation sites excluding steroid dienone is 3. The Hall–Kier alpha value is -2.04. The highest BCUT2D eigenvalue weighted by Gasteiger charge is 2.04. The normalized spacial score (nSPS) is 12.8. The molecular formula is C17H14. The highest BCUT2D eigenvalue weighted by Crippen LogP contribution is 2.16. The fourth-order valence-corrected chi connectivity index (χ4v) is 2.54. The van der Waals surface area contributed by atoms with Crippen LogP contribution in [-0.4, -0.2) is 0 Å². The van der Waals surface area contributed by atoms with E-state index in [0.29, 0.717) is 0 Å². The summed E-state index contributed by atoms with van der Waals surface area (Å²) in [5.41, 5.74) is 6.04. The Morgan fingerprint density at radius 1 is 0.882 bits per heavy atom. The first kappa shape index (κ1) is 10.1. The molecule has 0 N–H and O–H groups in total. The van der Waals surface area contributed by atoms with Gasteiger partial charge in [-0.1, -0.05) is 42.5 Å². The molecule has 0 aliphatic heterocycles. The van der Waals surface area contributed by atoms with Crippen molar-refractivity contribution in [1.82, 2.24) is 0 Å². The van der Waals surface area contributed by atoms with E-state index in [1.165, 1.54) is 32.3 Å². The third-order valence-corrected chi connectivity index (χ3v) is 3.48. The summed E-state index contributed by atoms with van der Waals surface area (Å²) < 4.78 is 0. The van der Waals surface area contributed by atoms with Crippen molar-refractivity contribution in [2.75, 3.05) is 0 Å². The highest BCUT2D eigenvalue weighted by molar-refractivity contribution is 5.89. The van der Waals surface area contributed by atoms with Crippen molar-refractivity contribution in [3.8, 4) is 0 Å². The van der Waals surface area contributed by atoms with Crippen LogP contribution in [0.4, 0.5) is 0 Å². The van der Waals surface area contributed by atoms with Gasteiger partial charge in [-0.3, -0.25) is 0 Å². The van der Waals surface area contributed by atoms with E-state index in [1.54, 1.807) is 0 Å². The maximum absolute atomic E-state index is 3.38. The van der Waals surface area contributed by atoms with Crippen LogP contribution in [0.2, 0.25) is 0 Å². The molecule has 17 heavy (non-hydrogen) atoms. The molecule has 3 rings (SSSR count). The van der Waals surface area contributed by atoms with Crippen molar-refractivity contribution in [3.05, 3.63) is 64.1 Å². The largest absolute Gasteiger partial charge is 0.112 e. The topological polar surface area (TPSA) is 0 Å². The zero-order valence-corrected chi connectivity index (χ0v) is 10.1. The van der Waals surface area contributed by atoms with E-state index in [2.05, 4.69) is 56.0 Å². The van der Waals surface area contributed by atoms with Gasteiger partial charge in [0.25, 0.3) is 0 Å². The second kappa shape index (κ2) is 3.76. The van der Waals surface area contributed by atoms with E-state index in [1.807, 2.05) is 12.2 Å². The second-order valence-corrected chi connectivity index (χ2v) is 4.45. The van der Waals surface area contributed by atoms with Crippen LogP contribution < -0.4 is 10.4 Å². The summed E-state index contributed by atoms with van der Waals surface area (Å²) in [4.78, 5) is 0. The predicted octanol–water partition coefficient (Wildman–Crippen LogP) is 2.74. The second-order valence-electron chi connectivity index (χ2n) is 4.45. The van der Waals surface area contributed by atoms with Crippen LogP contribution in [0.5, 0.6) is 0 Å². The molecule has 0 nitrogen and oxygen atoms in total. The molecule has 2 aromatic rings. The van der Waals surface area contributed by atoms with Crippen molar-refractivity contribution in [2.24, 2.45) is 0 Å². The van der Waals surface area contributed by atoms with Gasteiger partial charge in [0, 0.05) is 5.22 Å². The van der Waals surface area contributed by atoms with E-state index >= 15 is 0 Å². The van der Waals surface area contributed by atoms with Crippen molar-refractivity contribution in [2.45, 2.75) is 13.8 Å². The van der Waals surface area contributed by atoms with Crippen LogP contribution in [0.25, 0.3) is 22.6 Å². The smallest absolute Gasteiger partial charge is 0.0275 e. The third-order valence-electron chi connectivity index (χ3n) is 3.48. The molecule has 0 saturated heterocycles. The van der Waals surface area contributed by atoms with Crippen LogP contribution in [0, 0.1) is 13.8 Å². The van der Waals surface area contributed by atoms with Gasteiger partial charge >= 0.3 is 0 Å². The molecule has 0 spiro atoms. The average Bonchev–Trinajstić information content (AvgIpc) is 2.62. The van der Waals surface area contributed by atoms with E-state index in [0.717, 1.165) is 0 Å². The lowest BCUT2D eigenvalue weighted by Crippen LogP contribution is -2.29. The van der Waals surface area contributed by atoms with Crippen molar-refractivity contribution in [3.63, 3.8) is 0 Å². The van der Waals surface area contributed by atoms with Gasteiger partial charge < -0.3 is 0 Å². The summed E-state index contributed by atoms with van der Waals surface area (Å²) in [5, 5.41) is 5.20. The lowest BCUT2D eigenvalue weighted by atomic mass is 9.96. The van der Waals surface area contributed by atoms with E-state index < -0.39 is 0 Å². The van der Waals surface area contributed by atoms with Gasteiger partial charge in [0.15, 0.2) is 0 Å². The lowest BCUT2D eigenvalue weighted by molar-refractivity contribution is 1.36. The summed E-state index contributed by atoms with van der Waals surface area (Å²) in [7, 11) is 0. The molecule has 2 aromatic carbocycles.